The zero-order valence-electron chi connectivity index (χ0n) is 39.5. The Kier molecular flexibility index (Phi) is 20.0. The Morgan fingerprint density at radius 3 is 2.25 bits per heavy atom. The summed E-state index contributed by atoms with van der Waals surface area (Å²) in [7, 11) is 4.37. The molecular weight excluding hydrogens is 808 g/mol. The van der Waals surface area contributed by atoms with Gasteiger partial charge in [-0.15, -0.1) is 5.10 Å². The van der Waals surface area contributed by atoms with Crippen molar-refractivity contribution in [2.75, 3.05) is 33.0 Å². The molecule has 0 spiro atoms. The Bertz CT molecular complexity index is 1760. The number of carbonyl (C=O) groups excluding carboxylic acids is 4. The molecule has 354 valence electrons. The highest BCUT2D eigenvalue weighted by Crippen LogP contribution is 2.40. The van der Waals surface area contributed by atoms with Crippen molar-refractivity contribution >= 4 is 29.3 Å². The quantitative estimate of drug-likeness (QED) is 0.0915. The molecule has 7 unspecified atom stereocenters. The molecule has 1 aromatic heterocycles. The van der Waals surface area contributed by atoms with Crippen molar-refractivity contribution in [2.24, 2.45) is 23.7 Å². The van der Waals surface area contributed by atoms with Gasteiger partial charge in [-0.05, 0) is 116 Å². The lowest BCUT2D eigenvalue weighted by atomic mass is 9.81. The van der Waals surface area contributed by atoms with Crippen LogP contribution in [0.25, 0.3) is 11.3 Å². The van der Waals surface area contributed by atoms with Crippen molar-refractivity contribution in [1.82, 2.24) is 24.8 Å². The standard InChI is InChI=1S/C32H44FN5O6.C11H21NO.C5H12O/c1-6-27-28-25(17-26(39)20(3)14-19(2)15-21(4)29(40)32(5,33)30(41)43-27)38(31(42)44-28)13-8-7-12-37-18-24(35-36-37)22-10-9-11-23(34)16-22;1-8-6-10(12(2)3)7-11(13-8)9-4-5-9;1-2-3-4-5-6/h9-11,16,18-21,25,27-28H,6-8,12-15,17,34H2,1-5H3;8-11H,4-7H2,1-3H3;6H,2-5H2,1H3/t19?,20-,21?,25+,27?,28?,32+;;/m1../s1. The fourth-order valence-electron chi connectivity index (χ4n) is 9.03. The number of cyclic esters (lactones) is 1. The Labute approximate surface area is 375 Å². The second-order valence-electron chi connectivity index (χ2n) is 18.9. The van der Waals surface area contributed by atoms with Crippen molar-refractivity contribution in [1.29, 1.82) is 0 Å². The highest BCUT2D eigenvalue weighted by atomic mass is 19.1. The lowest BCUT2D eigenvalue weighted by molar-refractivity contribution is -0.172. The lowest BCUT2D eigenvalue weighted by Gasteiger charge is -2.37. The number of Topliss-reactive ketones (excluding diaryl/α,β-unsaturated/α-hetero) is 2. The predicted octanol–water partition coefficient (Wildman–Crippen LogP) is 7.84. The van der Waals surface area contributed by atoms with E-state index in [1.54, 1.807) is 24.6 Å². The number of alkyl halides is 1. The maximum Gasteiger partial charge on any atom is 0.410 e. The molecule has 1 amide bonds. The fraction of sp³-hybridized carbons (Fsp3) is 0.750. The monoisotopic (exact) mass is 885 g/mol. The minimum Gasteiger partial charge on any atom is -0.456 e. The van der Waals surface area contributed by atoms with Crippen LogP contribution in [-0.4, -0.2) is 123 Å². The number of nitrogens with two attached hydrogens (primary N) is 1. The van der Waals surface area contributed by atoms with Gasteiger partial charge in [0.15, 0.2) is 11.9 Å². The molecule has 63 heavy (non-hydrogen) atoms. The molecule has 3 aliphatic heterocycles. The van der Waals surface area contributed by atoms with Gasteiger partial charge in [-0.25, -0.2) is 14.0 Å². The van der Waals surface area contributed by atoms with E-state index in [0.29, 0.717) is 69.0 Å². The molecule has 0 bridgehead atoms. The normalized spacial score (nSPS) is 30.6. The van der Waals surface area contributed by atoms with Gasteiger partial charge in [0.1, 0.15) is 17.6 Å². The van der Waals surface area contributed by atoms with Crippen molar-refractivity contribution in [3.8, 4) is 11.3 Å². The van der Waals surface area contributed by atoms with Crippen LogP contribution in [0, 0.1) is 23.7 Å². The number of amides is 1. The van der Waals surface area contributed by atoms with Gasteiger partial charge in [-0.1, -0.05) is 64.8 Å². The molecule has 1 aliphatic carbocycles. The molecule has 14 nitrogen and oxygen atoms in total. The molecule has 1 aromatic carbocycles. The van der Waals surface area contributed by atoms with Gasteiger partial charge in [0, 0.05) is 55.2 Å². The summed E-state index contributed by atoms with van der Waals surface area (Å²) in [5, 5.41) is 16.6. The molecular formula is C48H77FN6O8. The van der Waals surface area contributed by atoms with Crippen LogP contribution in [0.4, 0.5) is 14.9 Å². The number of nitrogen functional groups attached to an aromatic ring is 1. The number of aliphatic hydroxyl groups is 1. The van der Waals surface area contributed by atoms with Crippen LogP contribution in [0.3, 0.4) is 0 Å². The molecule has 0 radical (unpaired) electrons. The predicted molar refractivity (Wildman–Crippen MR) is 241 cm³/mol. The second-order valence-corrected chi connectivity index (χ2v) is 18.9. The number of aliphatic hydroxyl groups excluding tert-OH is 1. The maximum absolute atomic E-state index is 15.6. The number of halogens is 1. The van der Waals surface area contributed by atoms with Crippen molar-refractivity contribution in [2.45, 2.75) is 181 Å². The summed E-state index contributed by atoms with van der Waals surface area (Å²) in [6, 6.07) is 7.43. The van der Waals surface area contributed by atoms with Gasteiger partial charge >= 0.3 is 12.1 Å². The van der Waals surface area contributed by atoms with Crippen LogP contribution in [-0.2, 0) is 35.1 Å². The molecule has 10 atom stereocenters. The lowest BCUT2D eigenvalue weighted by Crippen LogP contribution is -2.49. The number of ether oxygens (including phenoxy) is 3. The first-order valence-corrected chi connectivity index (χ1v) is 23.5. The first kappa shape index (κ1) is 51.7. The minimum atomic E-state index is -2.84. The van der Waals surface area contributed by atoms with Crippen LogP contribution < -0.4 is 5.73 Å². The molecule has 3 saturated heterocycles. The van der Waals surface area contributed by atoms with E-state index < -0.39 is 47.7 Å². The average Bonchev–Trinajstić information content (AvgIpc) is 3.92. The van der Waals surface area contributed by atoms with Crippen LogP contribution >= 0.6 is 0 Å². The van der Waals surface area contributed by atoms with E-state index in [2.05, 4.69) is 43.2 Å². The van der Waals surface area contributed by atoms with Gasteiger partial charge in [-0.2, -0.15) is 0 Å². The number of esters is 1. The fourth-order valence-corrected chi connectivity index (χ4v) is 9.03. The maximum atomic E-state index is 15.6. The molecule has 1 saturated carbocycles. The first-order valence-electron chi connectivity index (χ1n) is 23.5. The largest absolute Gasteiger partial charge is 0.456 e. The second kappa shape index (κ2) is 24.4. The number of carbonyl (C=O) groups is 4. The number of anilines is 1. The van der Waals surface area contributed by atoms with Crippen molar-refractivity contribution < 1.29 is 42.9 Å². The minimum absolute atomic E-state index is 0.0202. The number of hydrogen-bond acceptors (Lipinski definition) is 12. The van der Waals surface area contributed by atoms with Gasteiger partial charge in [0.25, 0.3) is 5.67 Å². The smallest absolute Gasteiger partial charge is 0.410 e. The number of aromatic nitrogens is 3. The van der Waals surface area contributed by atoms with E-state index >= 15 is 4.39 Å². The summed E-state index contributed by atoms with van der Waals surface area (Å²) in [6.07, 6.45) is 11.1. The Hall–Kier alpha value is -3.95. The zero-order valence-corrected chi connectivity index (χ0v) is 39.5. The molecule has 6 rings (SSSR count). The van der Waals surface area contributed by atoms with Crippen LogP contribution in [0.5, 0.6) is 0 Å². The molecule has 4 heterocycles. The molecule has 4 aliphatic rings. The summed E-state index contributed by atoms with van der Waals surface area (Å²) in [5.41, 5.74) is 5.23. The summed E-state index contributed by atoms with van der Waals surface area (Å²) >= 11 is 0. The molecule has 4 fully saturated rings. The summed E-state index contributed by atoms with van der Waals surface area (Å²) < 4.78 is 34.5. The van der Waals surface area contributed by atoms with E-state index in [-0.39, 0.29) is 30.5 Å². The third kappa shape index (κ3) is 15.1. The van der Waals surface area contributed by atoms with Crippen molar-refractivity contribution in [3.63, 3.8) is 0 Å². The third-order valence-electron chi connectivity index (χ3n) is 13.0. The van der Waals surface area contributed by atoms with Crippen LogP contribution in [0.1, 0.15) is 132 Å². The van der Waals surface area contributed by atoms with E-state index in [1.807, 2.05) is 38.2 Å². The van der Waals surface area contributed by atoms with Crippen molar-refractivity contribution in [3.05, 3.63) is 30.5 Å². The highest BCUT2D eigenvalue weighted by Gasteiger charge is 2.51. The highest BCUT2D eigenvalue weighted by molar-refractivity contribution is 6.07. The van der Waals surface area contributed by atoms with Gasteiger partial charge < -0.3 is 34.9 Å². The number of benzene rings is 1. The Morgan fingerprint density at radius 2 is 1.63 bits per heavy atom. The average molecular weight is 885 g/mol. The van der Waals surface area contributed by atoms with E-state index in [9.17, 15) is 19.2 Å². The van der Waals surface area contributed by atoms with E-state index in [1.165, 1.54) is 37.0 Å². The van der Waals surface area contributed by atoms with Gasteiger partial charge in [0.05, 0.1) is 24.4 Å². The van der Waals surface area contributed by atoms with Crippen LogP contribution in [0.2, 0.25) is 0 Å². The molecule has 15 heteroatoms. The Balaban J connectivity index is 0.000000375. The zero-order chi connectivity index (χ0) is 46.4. The van der Waals surface area contributed by atoms with Crippen LogP contribution in [0.15, 0.2) is 30.5 Å². The summed E-state index contributed by atoms with van der Waals surface area (Å²) in [6.45, 7) is 13.5. The number of aryl methyl sites for hydroxylation is 1. The molecule has 2 aromatic rings. The number of rotatable bonds is 12. The Morgan fingerprint density at radius 1 is 0.937 bits per heavy atom. The molecule has 3 N–H and O–H groups in total. The number of unbranched alkanes of at least 4 members (excludes halogenated alkanes) is 3. The number of hydrogen-bond donors (Lipinski definition) is 2. The van der Waals surface area contributed by atoms with Gasteiger partial charge in [-0.3, -0.25) is 14.3 Å². The summed E-state index contributed by atoms with van der Waals surface area (Å²) in [4.78, 5) is 56.4. The third-order valence-corrected chi connectivity index (χ3v) is 13.0. The number of fused-ring (bicyclic) bond motifs is 1. The van der Waals surface area contributed by atoms with E-state index in [0.717, 1.165) is 37.3 Å². The van der Waals surface area contributed by atoms with Gasteiger partial charge in [0.2, 0.25) is 0 Å². The van der Waals surface area contributed by atoms with E-state index in [4.69, 9.17) is 25.1 Å². The SMILES string of the molecule is CC1CC(N(C)C)CC(C2CC2)O1.CCC1OC(=O)[C@@](C)(F)C(=O)C(C)CC(C)C[C@@H](C)C(=O)C[C@H]2C1OC(=O)N2CCCCn1cc(-c2cccc(N)c2)nn1.CCCCCO. The number of ketones is 2. The topological polar surface area (TPSA) is 179 Å². The number of nitrogens with zero attached hydrogens (tertiary/aromatic N) is 5. The first-order chi connectivity index (χ1) is 29.9. The summed E-state index contributed by atoms with van der Waals surface area (Å²) in [5.74, 6) is -2.43.